The molecule has 0 amide bonds. The maximum atomic E-state index is 13.5. The van der Waals surface area contributed by atoms with Crippen LogP contribution in [0.25, 0.3) is 0 Å². The van der Waals surface area contributed by atoms with Crippen molar-refractivity contribution in [2.75, 3.05) is 46.9 Å². The van der Waals surface area contributed by atoms with E-state index in [1.807, 2.05) is 0 Å². The minimum Gasteiger partial charge on any atom is -0.497 e. The number of piperidine rings is 2. The molecule has 2 saturated heterocycles. The molecule has 0 saturated carbocycles. The van der Waals surface area contributed by atoms with Crippen LogP contribution in [0.1, 0.15) is 33.6 Å². The number of unbranched alkanes of at least 4 members (excludes halogenated alkanes) is 1. The van der Waals surface area contributed by atoms with E-state index in [0.29, 0.717) is 36.4 Å². The van der Waals surface area contributed by atoms with Gasteiger partial charge in [0.2, 0.25) is 10.0 Å². The smallest absolute Gasteiger partial charge is 0.246 e. The standard InChI is InChI=1S/C21H34N2O4S/c1-6-7-10-22-12-16-14-23(15-17(13-22)21(16,2)3)28(24,25)20-11-18(26-4)8-9-19(20)27-5/h8-9,11,16-17H,6-7,10,12-15H2,1-5H3. The first-order chi connectivity index (χ1) is 13.2. The summed E-state index contributed by atoms with van der Waals surface area (Å²) >= 11 is 0. The molecule has 0 N–H and O–H groups in total. The predicted molar refractivity (Wildman–Crippen MR) is 110 cm³/mol. The van der Waals surface area contributed by atoms with Crippen LogP contribution in [0.3, 0.4) is 0 Å². The van der Waals surface area contributed by atoms with Crippen molar-refractivity contribution in [1.82, 2.24) is 9.21 Å². The zero-order chi connectivity index (χ0) is 20.5. The summed E-state index contributed by atoms with van der Waals surface area (Å²) < 4.78 is 39.3. The van der Waals surface area contributed by atoms with Crippen molar-refractivity contribution in [2.24, 2.45) is 17.3 Å². The van der Waals surface area contributed by atoms with Crippen molar-refractivity contribution in [3.05, 3.63) is 18.2 Å². The van der Waals surface area contributed by atoms with Gasteiger partial charge in [0.1, 0.15) is 16.4 Å². The number of nitrogens with zero attached hydrogens (tertiary/aromatic N) is 2. The zero-order valence-corrected chi connectivity index (χ0v) is 18.6. The first-order valence-corrected chi connectivity index (χ1v) is 11.6. The molecule has 2 bridgehead atoms. The normalized spacial score (nSPS) is 25.5. The van der Waals surface area contributed by atoms with Gasteiger partial charge in [-0.05, 0) is 42.3 Å². The Morgan fingerprint density at radius 3 is 2.25 bits per heavy atom. The third-order valence-electron chi connectivity index (χ3n) is 6.73. The highest BCUT2D eigenvalue weighted by molar-refractivity contribution is 7.89. The molecule has 0 spiro atoms. The van der Waals surface area contributed by atoms with Crippen LogP contribution in [0.15, 0.2) is 23.1 Å². The van der Waals surface area contributed by atoms with E-state index in [1.165, 1.54) is 27.1 Å². The number of hydrogen-bond acceptors (Lipinski definition) is 5. The molecule has 6 nitrogen and oxygen atoms in total. The highest BCUT2D eigenvalue weighted by Crippen LogP contribution is 2.46. The second-order valence-electron chi connectivity index (χ2n) is 8.67. The molecule has 28 heavy (non-hydrogen) atoms. The number of methoxy groups -OCH3 is 2. The molecule has 2 heterocycles. The van der Waals surface area contributed by atoms with E-state index in [2.05, 4.69) is 25.7 Å². The Hall–Kier alpha value is -1.31. The first kappa shape index (κ1) is 21.4. The summed E-state index contributed by atoms with van der Waals surface area (Å²) in [5.74, 6) is 1.52. The lowest BCUT2D eigenvalue weighted by atomic mass is 9.64. The number of sulfonamides is 1. The summed E-state index contributed by atoms with van der Waals surface area (Å²) in [6.07, 6.45) is 2.38. The van der Waals surface area contributed by atoms with Crippen molar-refractivity contribution in [3.63, 3.8) is 0 Å². The lowest BCUT2D eigenvalue weighted by molar-refractivity contribution is -0.0493. The van der Waals surface area contributed by atoms with Gasteiger partial charge in [-0.3, -0.25) is 0 Å². The van der Waals surface area contributed by atoms with Crippen LogP contribution in [0.2, 0.25) is 0 Å². The summed E-state index contributed by atoms with van der Waals surface area (Å²) in [5, 5.41) is 0. The van der Waals surface area contributed by atoms with Gasteiger partial charge in [0.25, 0.3) is 0 Å². The predicted octanol–water partition coefficient (Wildman–Crippen LogP) is 3.08. The Bertz CT molecular complexity index is 776. The number of benzene rings is 1. The van der Waals surface area contributed by atoms with Gasteiger partial charge >= 0.3 is 0 Å². The van der Waals surface area contributed by atoms with Crippen molar-refractivity contribution in [1.29, 1.82) is 0 Å². The van der Waals surface area contributed by atoms with Gasteiger partial charge in [0.05, 0.1) is 14.2 Å². The molecule has 158 valence electrons. The average Bonchev–Trinajstić information content (AvgIpc) is 2.65. The Morgan fingerprint density at radius 2 is 1.71 bits per heavy atom. The summed E-state index contributed by atoms with van der Waals surface area (Å²) in [4.78, 5) is 2.72. The molecule has 1 aromatic rings. The Labute approximate surface area is 169 Å². The molecular weight excluding hydrogens is 376 g/mol. The van der Waals surface area contributed by atoms with Crippen molar-refractivity contribution in [2.45, 2.75) is 38.5 Å². The minimum atomic E-state index is -3.65. The van der Waals surface area contributed by atoms with E-state index in [4.69, 9.17) is 9.47 Å². The second kappa shape index (κ2) is 8.20. The van der Waals surface area contributed by atoms with Crippen molar-refractivity contribution < 1.29 is 17.9 Å². The lowest BCUT2D eigenvalue weighted by Crippen LogP contribution is -2.62. The Kier molecular flexibility index (Phi) is 6.27. The summed E-state index contributed by atoms with van der Waals surface area (Å²) in [7, 11) is -0.615. The summed E-state index contributed by atoms with van der Waals surface area (Å²) in [5.41, 5.74) is 0.146. The zero-order valence-electron chi connectivity index (χ0n) is 17.8. The molecular formula is C21H34N2O4S. The number of rotatable bonds is 7. The van der Waals surface area contributed by atoms with Gasteiger partial charge < -0.3 is 14.4 Å². The molecule has 2 fully saturated rings. The van der Waals surface area contributed by atoms with Gasteiger partial charge in [0.15, 0.2) is 0 Å². The van der Waals surface area contributed by atoms with Crippen molar-refractivity contribution in [3.8, 4) is 11.5 Å². The van der Waals surface area contributed by atoms with E-state index >= 15 is 0 Å². The quantitative estimate of drug-likeness (QED) is 0.691. The van der Waals surface area contributed by atoms with Gasteiger partial charge in [-0.25, -0.2) is 8.42 Å². The van der Waals surface area contributed by atoms with E-state index in [1.54, 1.807) is 22.5 Å². The lowest BCUT2D eigenvalue weighted by Gasteiger charge is -2.55. The number of fused-ring (bicyclic) bond motifs is 2. The minimum absolute atomic E-state index is 0.146. The highest BCUT2D eigenvalue weighted by Gasteiger charge is 2.50. The molecule has 2 unspecified atom stereocenters. The van der Waals surface area contributed by atoms with Gasteiger partial charge in [-0.1, -0.05) is 27.2 Å². The van der Waals surface area contributed by atoms with Crippen LogP contribution in [0.5, 0.6) is 11.5 Å². The monoisotopic (exact) mass is 410 g/mol. The molecule has 3 rings (SSSR count). The van der Waals surface area contributed by atoms with E-state index < -0.39 is 10.0 Å². The summed E-state index contributed by atoms with van der Waals surface area (Å²) in [6.45, 7) is 10.9. The van der Waals surface area contributed by atoms with Gasteiger partial charge in [-0.2, -0.15) is 4.31 Å². The van der Waals surface area contributed by atoms with Crippen molar-refractivity contribution >= 4 is 10.0 Å². The number of ether oxygens (including phenoxy) is 2. The third kappa shape index (κ3) is 3.89. The van der Waals surface area contributed by atoms with Crippen LogP contribution < -0.4 is 9.47 Å². The largest absolute Gasteiger partial charge is 0.497 e. The van der Waals surface area contributed by atoms with Gasteiger partial charge in [-0.15, -0.1) is 0 Å². The fraction of sp³-hybridized carbons (Fsp3) is 0.714. The molecule has 2 aliphatic heterocycles. The molecule has 0 aromatic heterocycles. The second-order valence-corrected chi connectivity index (χ2v) is 10.6. The molecule has 0 aliphatic carbocycles. The maximum absolute atomic E-state index is 13.5. The SMILES string of the molecule is CCCCN1CC2CN(S(=O)(=O)c3cc(OC)ccc3OC)CC(C1)C2(C)C. The van der Waals surface area contributed by atoms with E-state index in [0.717, 1.165) is 19.6 Å². The van der Waals surface area contributed by atoms with Crippen LogP contribution in [-0.2, 0) is 10.0 Å². The van der Waals surface area contributed by atoms with Crippen LogP contribution in [0.4, 0.5) is 0 Å². The third-order valence-corrected chi connectivity index (χ3v) is 8.58. The van der Waals surface area contributed by atoms with Crippen LogP contribution >= 0.6 is 0 Å². The Balaban J connectivity index is 1.88. The maximum Gasteiger partial charge on any atom is 0.246 e. The molecule has 7 heteroatoms. The van der Waals surface area contributed by atoms with Crippen LogP contribution in [-0.4, -0.2) is 64.6 Å². The number of likely N-dealkylation sites (tertiary alicyclic amines) is 1. The first-order valence-electron chi connectivity index (χ1n) is 10.2. The Morgan fingerprint density at radius 1 is 1.07 bits per heavy atom. The molecule has 2 atom stereocenters. The topological polar surface area (TPSA) is 59.1 Å². The molecule has 1 aromatic carbocycles. The van der Waals surface area contributed by atoms with E-state index in [-0.39, 0.29) is 10.3 Å². The fourth-order valence-electron chi connectivity index (χ4n) is 4.54. The number of hydrogen-bond donors (Lipinski definition) is 0. The average molecular weight is 411 g/mol. The summed E-state index contributed by atoms with van der Waals surface area (Å²) in [6, 6.07) is 4.95. The highest BCUT2D eigenvalue weighted by atomic mass is 32.2. The molecule has 0 radical (unpaired) electrons. The van der Waals surface area contributed by atoms with Crippen LogP contribution in [0, 0.1) is 17.3 Å². The van der Waals surface area contributed by atoms with E-state index in [9.17, 15) is 8.42 Å². The molecule has 2 aliphatic rings. The fourth-order valence-corrected chi connectivity index (χ4v) is 6.24. The van der Waals surface area contributed by atoms with Gasteiger partial charge in [0, 0.05) is 32.2 Å².